The molecular weight excluding hydrogens is 346 g/mol. The van der Waals surface area contributed by atoms with Gasteiger partial charge in [0.25, 0.3) is 0 Å². The largest absolute Gasteiger partial charge is 0.497 e. The highest BCUT2D eigenvalue weighted by atomic mass is 32.2. The van der Waals surface area contributed by atoms with E-state index in [4.69, 9.17) is 9.47 Å². The normalized spacial score (nSPS) is 10.5. The van der Waals surface area contributed by atoms with Gasteiger partial charge in [-0.3, -0.25) is 4.79 Å². The lowest BCUT2D eigenvalue weighted by Crippen LogP contribution is -2.15. The summed E-state index contributed by atoms with van der Waals surface area (Å²) in [7, 11) is 3.17. The number of anilines is 1. The number of benzene rings is 3. The number of methoxy groups -OCH3 is 2. The molecule has 0 aliphatic heterocycles. The lowest BCUT2D eigenvalue weighted by Gasteiger charge is -2.12. The number of rotatable bonds is 7. The van der Waals surface area contributed by atoms with Crippen molar-refractivity contribution in [3.63, 3.8) is 0 Å². The maximum Gasteiger partial charge on any atom is 0.234 e. The number of ether oxygens (including phenoxy) is 2. The molecule has 0 saturated carbocycles. The first-order valence-electron chi connectivity index (χ1n) is 8.27. The number of carbonyl (C=O) groups excluding carboxylic acids is 1. The van der Waals surface area contributed by atoms with Crippen LogP contribution in [0.5, 0.6) is 11.5 Å². The molecule has 3 aromatic carbocycles. The van der Waals surface area contributed by atoms with Crippen molar-refractivity contribution in [2.24, 2.45) is 0 Å². The van der Waals surface area contributed by atoms with E-state index in [0.717, 1.165) is 5.75 Å². The second-order valence-corrected chi connectivity index (χ2v) is 6.73. The van der Waals surface area contributed by atoms with Crippen LogP contribution in [0.3, 0.4) is 0 Å². The molecule has 3 rings (SSSR count). The average Bonchev–Trinajstić information content (AvgIpc) is 2.68. The number of fused-ring (bicyclic) bond motifs is 1. The number of hydrogen-bond acceptors (Lipinski definition) is 4. The highest BCUT2D eigenvalue weighted by molar-refractivity contribution is 7.99. The van der Waals surface area contributed by atoms with Gasteiger partial charge in [-0.25, -0.2) is 0 Å². The molecule has 0 unspecified atom stereocenters. The summed E-state index contributed by atoms with van der Waals surface area (Å²) in [5.74, 6) is 2.36. The van der Waals surface area contributed by atoms with Gasteiger partial charge >= 0.3 is 0 Å². The van der Waals surface area contributed by atoms with Crippen molar-refractivity contribution >= 4 is 34.1 Å². The molecule has 5 heteroatoms. The molecule has 1 amide bonds. The van der Waals surface area contributed by atoms with Crippen molar-refractivity contribution in [2.75, 3.05) is 25.3 Å². The van der Waals surface area contributed by atoms with Gasteiger partial charge in [0, 0.05) is 11.8 Å². The number of amides is 1. The van der Waals surface area contributed by atoms with E-state index in [-0.39, 0.29) is 5.91 Å². The van der Waals surface area contributed by atoms with E-state index >= 15 is 0 Å². The Hall–Kier alpha value is -2.66. The van der Waals surface area contributed by atoms with Crippen LogP contribution < -0.4 is 14.8 Å². The van der Waals surface area contributed by atoms with Gasteiger partial charge in [-0.2, -0.15) is 0 Å². The molecule has 0 atom stereocenters. The molecule has 0 fully saturated rings. The minimum Gasteiger partial charge on any atom is -0.497 e. The molecule has 1 N–H and O–H groups in total. The predicted octanol–water partition coefficient (Wildman–Crippen LogP) is 4.73. The van der Waals surface area contributed by atoms with Crippen LogP contribution in [0.15, 0.2) is 60.7 Å². The van der Waals surface area contributed by atoms with E-state index in [9.17, 15) is 4.79 Å². The fraction of sp³-hybridized carbons (Fsp3) is 0.190. The first-order valence-corrected chi connectivity index (χ1v) is 9.43. The number of thioether (sulfide) groups is 1. The Bertz CT molecular complexity index is 905. The van der Waals surface area contributed by atoms with Crippen molar-refractivity contribution in [3.05, 3.63) is 66.2 Å². The molecular formula is C21H21NO3S. The summed E-state index contributed by atoms with van der Waals surface area (Å²) < 4.78 is 10.5. The van der Waals surface area contributed by atoms with Crippen LogP contribution in [0.25, 0.3) is 10.8 Å². The molecule has 0 aliphatic rings. The molecule has 3 aromatic rings. The Morgan fingerprint density at radius 1 is 1.00 bits per heavy atom. The number of hydrogen-bond donors (Lipinski definition) is 1. The van der Waals surface area contributed by atoms with E-state index in [0.29, 0.717) is 22.9 Å². The van der Waals surface area contributed by atoms with Crippen molar-refractivity contribution in [1.82, 2.24) is 0 Å². The van der Waals surface area contributed by atoms with Crippen LogP contribution in [0, 0.1) is 0 Å². The van der Waals surface area contributed by atoms with Gasteiger partial charge in [-0.15, -0.1) is 11.8 Å². The summed E-state index contributed by atoms with van der Waals surface area (Å²) in [6, 6.07) is 19.9. The van der Waals surface area contributed by atoms with Gasteiger partial charge in [0.15, 0.2) is 0 Å². The quantitative estimate of drug-likeness (QED) is 0.656. The summed E-state index contributed by atoms with van der Waals surface area (Å²) in [5.41, 5.74) is 1.85. The first kappa shape index (κ1) is 18.1. The van der Waals surface area contributed by atoms with E-state index < -0.39 is 0 Å². The fourth-order valence-corrected chi connectivity index (χ4v) is 3.60. The molecule has 4 nitrogen and oxygen atoms in total. The molecule has 0 aromatic heterocycles. The molecule has 134 valence electrons. The lowest BCUT2D eigenvalue weighted by molar-refractivity contribution is -0.113. The van der Waals surface area contributed by atoms with Crippen LogP contribution >= 0.6 is 11.8 Å². The van der Waals surface area contributed by atoms with Crippen LogP contribution in [0.4, 0.5) is 5.69 Å². The zero-order valence-corrected chi connectivity index (χ0v) is 15.6. The number of nitrogens with one attached hydrogen (secondary N) is 1. The van der Waals surface area contributed by atoms with Crippen LogP contribution in [0.1, 0.15) is 5.56 Å². The van der Waals surface area contributed by atoms with E-state index in [1.165, 1.54) is 16.3 Å². The third-order valence-corrected chi connectivity index (χ3v) is 5.03. The molecule has 26 heavy (non-hydrogen) atoms. The molecule has 0 radical (unpaired) electrons. The van der Waals surface area contributed by atoms with Crippen molar-refractivity contribution < 1.29 is 14.3 Å². The fourth-order valence-electron chi connectivity index (χ4n) is 2.77. The minimum absolute atomic E-state index is 0.0678. The minimum atomic E-state index is -0.0678. The maximum atomic E-state index is 12.3. The molecule has 0 heterocycles. The Kier molecular flexibility index (Phi) is 6.02. The second kappa shape index (κ2) is 8.63. The van der Waals surface area contributed by atoms with E-state index in [1.807, 2.05) is 12.1 Å². The third-order valence-electron chi connectivity index (χ3n) is 4.05. The van der Waals surface area contributed by atoms with Gasteiger partial charge < -0.3 is 14.8 Å². The van der Waals surface area contributed by atoms with Crippen molar-refractivity contribution in [2.45, 2.75) is 5.75 Å². The Labute approximate surface area is 157 Å². The second-order valence-electron chi connectivity index (χ2n) is 5.75. The van der Waals surface area contributed by atoms with Crippen LogP contribution in [0.2, 0.25) is 0 Å². The van der Waals surface area contributed by atoms with Gasteiger partial charge in [-0.05, 0) is 28.5 Å². The van der Waals surface area contributed by atoms with Gasteiger partial charge in [0.1, 0.15) is 11.5 Å². The first-order chi connectivity index (χ1) is 12.7. The summed E-state index contributed by atoms with van der Waals surface area (Å²) in [6.45, 7) is 0. The Morgan fingerprint density at radius 2 is 1.81 bits per heavy atom. The summed E-state index contributed by atoms with van der Waals surface area (Å²) in [5, 5.41) is 5.35. The Morgan fingerprint density at radius 3 is 2.62 bits per heavy atom. The summed E-state index contributed by atoms with van der Waals surface area (Å²) in [4.78, 5) is 12.3. The van der Waals surface area contributed by atoms with Crippen LogP contribution in [-0.2, 0) is 10.5 Å². The van der Waals surface area contributed by atoms with Crippen molar-refractivity contribution in [1.29, 1.82) is 0 Å². The Balaban J connectivity index is 1.61. The van der Waals surface area contributed by atoms with Crippen LogP contribution in [-0.4, -0.2) is 25.9 Å². The highest BCUT2D eigenvalue weighted by Crippen LogP contribution is 2.29. The highest BCUT2D eigenvalue weighted by Gasteiger charge is 2.10. The van der Waals surface area contributed by atoms with Gasteiger partial charge in [0.05, 0.1) is 25.7 Å². The lowest BCUT2D eigenvalue weighted by atomic mass is 10.1. The monoisotopic (exact) mass is 367 g/mol. The van der Waals surface area contributed by atoms with Crippen molar-refractivity contribution in [3.8, 4) is 11.5 Å². The van der Waals surface area contributed by atoms with E-state index in [2.05, 4.69) is 35.6 Å². The zero-order valence-electron chi connectivity index (χ0n) is 14.8. The summed E-state index contributed by atoms with van der Waals surface area (Å²) in [6.07, 6.45) is 0. The molecule has 0 aliphatic carbocycles. The molecule has 0 spiro atoms. The standard InChI is InChI=1S/C21H21NO3S/c1-24-17-10-11-20(25-2)19(12-17)22-21(23)14-26-13-16-8-5-7-15-6-3-4-9-18(15)16/h3-12H,13-14H2,1-2H3,(H,22,23). The van der Waals surface area contributed by atoms with E-state index in [1.54, 1.807) is 44.2 Å². The van der Waals surface area contributed by atoms with Gasteiger partial charge in [-0.1, -0.05) is 42.5 Å². The molecule has 0 bridgehead atoms. The number of carbonyl (C=O) groups is 1. The third kappa shape index (κ3) is 4.29. The SMILES string of the molecule is COc1ccc(OC)c(NC(=O)CSCc2cccc3ccccc23)c1. The van der Waals surface area contributed by atoms with Gasteiger partial charge in [0.2, 0.25) is 5.91 Å². The zero-order chi connectivity index (χ0) is 18.4. The maximum absolute atomic E-state index is 12.3. The molecule has 0 saturated heterocycles. The topological polar surface area (TPSA) is 47.6 Å². The summed E-state index contributed by atoms with van der Waals surface area (Å²) >= 11 is 1.59. The smallest absolute Gasteiger partial charge is 0.234 e. The average molecular weight is 367 g/mol. The predicted molar refractivity (Wildman–Crippen MR) is 108 cm³/mol.